The fraction of sp³-hybridized carbons (Fsp3) is 0.368. The minimum atomic E-state index is -3.80. The molecule has 3 aliphatic heterocycles. The molecule has 28 heavy (non-hydrogen) atoms. The Labute approximate surface area is 162 Å². The van der Waals surface area contributed by atoms with Crippen LogP contribution in [0.5, 0.6) is 11.5 Å². The fourth-order valence-electron chi connectivity index (χ4n) is 4.48. The molecule has 1 aromatic heterocycles. The van der Waals surface area contributed by atoms with Crippen LogP contribution in [0.4, 0.5) is 5.69 Å². The van der Waals surface area contributed by atoms with Gasteiger partial charge in [0.2, 0.25) is 22.7 Å². The van der Waals surface area contributed by atoms with Gasteiger partial charge in [-0.25, -0.2) is 8.42 Å². The molecule has 0 bridgehead atoms. The van der Waals surface area contributed by atoms with E-state index in [1.165, 1.54) is 16.4 Å². The number of sulfonamides is 1. The van der Waals surface area contributed by atoms with Crippen LogP contribution in [-0.4, -0.2) is 50.0 Å². The Morgan fingerprint density at radius 3 is 2.79 bits per heavy atom. The Kier molecular flexibility index (Phi) is 3.69. The number of rotatable bonds is 2. The van der Waals surface area contributed by atoms with Crippen molar-refractivity contribution in [1.29, 1.82) is 0 Å². The molecule has 9 heteroatoms. The molecule has 2 aromatic rings. The van der Waals surface area contributed by atoms with Gasteiger partial charge in [-0.1, -0.05) is 0 Å². The van der Waals surface area contributed by atoms with Gasteiger partial charge in [0.1, 0.15) is 0 Å². The Balaban J connectivity index is 1.55. The Bertz CT molecular complexity index is 1090. The van der Waals surface area contributed by atoms with E-state index in [1.807, 2.05) is 0 Å². The van der Waals surface area contributed by atoms with Gasteiger partial charge in [0, 0.05) is 49.7 Å². The molecule has 0 aliphatic carbocycles. The number of hydrogen-bond donors (Lipinski definition) is 0. The second-order valence-corrected chi connectivity index (χ2v) is 9.18. The maximum Gasteiger partial charge on any atom is 0.243 e. The van der Waals surface area contributed by atoms with Gasteiger partial charge in [-0.2, -0.15) is 4.31 Å². The zero-order valence-corrected chi connectivity index (χ0v) is 16.2. The summed E-state index contributed by atoms with van der Waals surface area (Å²) in [6.45, 7) is 2.11. The largest absolute Gasteiger partial charge is 0.454 e. The summed E-state index contributed by atoms with van der Waals surface area (Å²) in [5.74, 6) is 0.214. The van der Waals surface area contributed by atoms with Gasteiger partial charge in [0.15, 0.2) is 11.5 Å². The molecule has 0 unspecified atom stereocenters. The summed E-state index contributed by atoms with van der Waals surface area (Å²) in [5.41, 5.74) is 1.70. The van der Waals surface area contributed by atoms with Crippen LogP contribution < -0.4 is 14.4 Å². The van der Waals surface area contributed by atoms with E-state index in [0.717, 1.165) is 11.3 Å². The molecule has 4 heterocycles. The highest BCUT2D eigenvalue weighted by Crippen LogP contribution is 2.47. The average molecular weight is 401 g/mol. The van der Waals surface area contributed by atoms with Gasteiger partial charge in [-0.3, -0.25) is 9.78 Å². The Morgan fingerprint density at radius 2 is 1.96 bits per heavy atom. The topological polar surface area (TPSA) is 89.0 Å². The molecule has 0 saturated carbocycles. The molecule has 0 spiro atoms. The predicted molar refractivity (Wildman–Crippen MR) is 99.8 cm³/mol. The highest BCUT2D eigenvalue weighted by atomic mass is 32.2. The molecule has 0 N–H and O–H groups in total. The number of ether oxygens (including phenoxy) is 2. The Morgan fingerprint density at radius 1 is 1.18 bits per heavy atom. The monoisotopic (exact) mass is 401 g/mol. The third kappa shape index (κ3) is 2.29. The summed E-state index contributed by atoms with van der Waals surface area (Å²) >= 11 is 0. The number of carbonyl (C=O) groups excluding carboxylic acids is 1. The molecule has 0 radical (unpaired) electrons. The van der Waals surface area contributed by atoms with Crippen molar-refractivity contribution in [3.8, 4) is 11.5 Å². The van der Waals surface area contributed by atoms with Gasteiger partial charge in [-0.05, 0) is 30.7 Å². The quantitative estimate of drug-likeness (QED) is 0.759. The first-order valence-electron chi connectivity index (χ1n) is 9.02. The number of anilines is 1. The van der Waals surface area contributed by atoms with Crippen LogP contribution in [0.25, 0.3) is 0 Å². The number of hydrogen-bond acceptors (Lipinski definition) is 6. The number of nitrogens with zero attached hydrogens (tertiary/aromatic N) is 3. The summed E-state index contributed by atoms with van der Waals surface area (Å²) in [7, 11) is -2.08. The fourth-order valence-corrected chi connectivity index (χ4v) is 6.17. The van der Waals surface area contributed by atoms with E-state index in [1.54, 1.807) is 43.4 Å². The van der Waals surface area contributed by atoms with E-state index in [-0.39, 0.29) is 30.1 Å². The summed E-state index contributed by atoms with van der Waals surface area (Å²) in [6.07, 6.45) is 3.38. The lowest BCUT2D eigenvalue weighted by Gasteiger charge is -2.34. The molecule has 1 amide bonds. The SMILES string of the molecule is C[C@H]1[C@@H]2C(=O)N(C)c3ccncc3[C@@H]2CN1S(=O)(=O)c1ccc2c(c1)OCO2. The van der Waals surface area contributed by atoms with E-state index in [4.69, 9.17) is 9.47 Å². The number of benzene rings is 1. The van der Waals surface area contributed by atoms with E-state index in [9.17, 15) is 13.2 Å². The van der Waals surface area contributed by atoms with Crippen molar-refractivity contribution >= 4 is 21.6 Å². The van der Waals surface area contributed by atoms with Crippen molar-refractivity contribution in [2.45, 2.75) is 23.8 Å². The predicted octanol–water partition coefficient (Wildman–Crippen LogP) is 1.58. The third-order valence-corrected chi connectivity index (χ3v) is 7.89. The van der Waals surface area contributed by atoms with Crippen molar-refractivity contribution in [2.24, 2.45) is 5.92 Å². The molecule has 146 valence electrons. The minimum absolute atomic E-state index is 0.0698. The van der Waals surface area contributed by atoms with Crippen LogP contribution in [-0.2, 0) is 14.8 Å². The first kappa shape index (κ1) is 17.4. The molecule has 3 atom stereocenters. The Hall–Kier alpha value is -2.65. The van der Waals surface area contributed by atoms with Crippen molar-refractivity contribution in [3.63, 3.8) is 0 Å². The second kappa shape index (κ2) is 5.92. The van der Waals surface area contributed by atoms with Crippen LogP contribution in [0.2, 0.25) is 0 Å². The first-order valence-corrected chi connectivity index (χ1v) is 10.5. The molecular weight excluding hydrogens is 382 g/mol. The van der Waals surface area contributed by atoms with E-state index < -0.39 is 22.0 Å². The van der Waals surface area contributed by atoms with E-state index in [0.29, 0.717) is 11.5 Å². The van der Waals surface area contributed by atoms with Crippen LogP contribution >= 0.6 is 0 Å². The summed E-state index contributed by atoms with van der Waals surface area (Å²) in [6, 6.07) is 5.92. The third-order valence-electron chi connectivity index (χ3n) is 5.94. The standard InChI is InChI=1S/C19H19N3O5S/c1-11-18-14(13-8-20-6-5-15(13)21(2)19(18)23)9-22(11)28(24,25)12-3-4-16-17(7-12)27-10-26-16/h3-8,11,14,18H,9-10H2,1-2H3/t11-,14-,18-/m0/s1. The number of pyridine rings is 1. The van der Waals surface area contributed by atoms with E-state index >= 15 is 0 Å². The van der Waals surface area contributed by atoms with Crippen molar-refractivity contribution in [1.82, 2.24) is 9.29 Å². The number of carbonyl (C=O) groups is 1. The minimum Gasteiger partial charge on any atom is -0.454 e. The lowest BCUT2D eigenvalue weighted by Crippen LogP contribution is -2.44. The first-order chi connectivity index (χ1) is 13.4. The molecule has 3 aliphatic rings. The zero-order chi connectivity index (χ0) is 19.6. The van der Waals surface area contributed by atoms with Gasteiger partial charge in [0.25, 0.3) is 0 Å². The van der Waals surface area contributed by atoms with E-state index in [2.05, 4.69) is 4.98 Å². The summed E-state index contributed by atoms with van der Waals surface area (Å²) in [4.78, 5) is 18.9. The highest BCUT2D eigenvalue weighted by Gasteiger charge is 2.52. The highest BCUT2D eigenvalue weighted by molar-refractivity contribution is 7.89. The van der Waals surface area contributed by atoms with Crippen LogP contribution in [0, 0.1) is 5.92 Å². The molecule has 1 aromatic carbocycles. The normalized spacial score (nSPS) is 26.3. The number of aromatic nitrogens is 1. The van der Waals surface area contributed by atoms with Gasteiger partial charge in [0.05, 0.1) is 10.8 Å². The van der Waals surface area contributed by atoms with Gasteiger partial charge in [-0.15, -0.1) is 0 Å². The molecule has 5 rings (SSSR count). The lowest BCUT2D eigenvalue weighted by atomic mass is 9.81. The van der Waals surface area contributed by atoms with Gasteiger partial charge >= 0.3 is 0 Å². The average Bonchev–Trinajstić information content (AvgIpc) is 3.30. The number of amides is 1. The van der Waals surface area contributed by atoms with Crippen molar-refractivity contribution in [3.05, 3.63) is 42.2 Å². The molecule has 1 fully saturated rings. The summed E-state index contributed by atoms with van der Waals surface area (Å²) < 4.78 is 38.8. The maximum absolute atomic E-state index is 13.4. The lowest BCUT2D eigenvalue weighted by molar-refractivity contribution is -0.123. The van der Waals surface area contributed by atoms with Crippen molar-refractivity contribution in [2.75, 3.05) is 25.3 Å². The van der Waals surface area contributed by atoms with Crippen molar-refractivity contribution < 1.29 is 22.7 Å². The van der Waals surface area contributed by atoms with Crippen LogP contribution in [0.15, 0.2) is 41.6 Å². The van der Waals surface area contributed by atoms with Gasteiger partial charge < -0.3 is 14.4 Å². The summed E-state index contributed by atoms with van der Waals surface area (Å²) in [5, 5.41) is 0. The van der Waals surface area contributed by atoms with Crippen LogP contribution in [0.3, 0.4) is 0 Å². The molecule has 8 nitrogen and oxygen atoms in total. The number of fused-ring (bicyclic) bond motifs is 4. The van der Waals surface area contributed by atoms with Crippen LogP contribution in [0.1, 0.15) is 18.4 Å². The zero-order valence-electron chi connectivity index (χ0n) is 15.4. The molecule has 1 saturated heterocycles. The smallest absolute Gasteiger partial charge is 0.243 e. The second-order valence-electron chi connectivity index (χ2n) is 7.29. The maximum atomic E-state index is 13.4. The molecular formula is C19H19N3O5S.